The van der Waals surface area contributed by atoms with E-state index >= 15 is 0 Å². The van der Waals surface area contributed by atoms with Gasteiger partial charge in [0, 0.05) is 17.0 Å². The van der Waals surface area contributed by atoms with Crippen LogP contribution in [0.1, 0.15) is 11.1 Å². The minimum absolute atomic E-state index is 0.240. The van der Waals surface area contributed by atoms with Gasteiger partial charge in [0.15, 0.2) is 5.13 Å². The number of carbonyl (C=O) groups is 1. The quantitative estimate of drug-likeness (QED) is 0.687. The Balaban J connectivity index is 1.64. The van der Waals surface area contributed by atoms with Crippen LogP contribution in [0.5, 0.6) is 0 Å². The second-order valence-electron chi connectivity index (χ2n) is 5.28. The standard InChI is InChI=1S/C19H15FN2OS/c1-13-2-4-14(5-3-13)6-11-18(23)22-19-21-17(12-24-19)15-7-9-16(20)10-8-15/h2-12H,1H3,(H,21,22,23)/b11-6+. The molecular weight excluding hydrogens is 323 g/mol. The topological polar surface area (TPSA) is 42.0 Å². The number of carbonyl (C=O) groups excluding carboxylic acids is 1. The van der Waals surface area contributed by atoms with Gasteiger partial charge in [0.25, 0.3) is 0 Å². The molecule has 5 heteroatoms. The molecule has 0 aliphatic carbocycles. The average Bonchev–Trinajstić information content (AvgIpc) is 3.03. The first-order chi connectivity index (χ1) is 11.6. The Morgan fingerprint density at radius 1 is 1.12 bits per heavy atom. The number of anilines is 1. The van der Waals surface area contributed by atoms with Gasteiger partial charge in [0.2, 0.25) is 5.91 Å². The van der Waals surface area contributed by atoms with Gasteiger partial charge in [-0.15, -0.1) is 11.3 Å². The zero-order valence-electron chi connectivity index (χ0n) is 13.0. The summed E-state index contributed by atoms with van der Waals surface area (Å²) in [6, 6.07) is 14.0. The van der Waals surface area contributed by atoms with Crippen LogP contribution in [0.4, 0.5) is 9.52 Å². The molecule has 0 saturated heterocycles. The summed E-state index contributed by atoms with van der Waals surface area (Å²) >= 11 is 1.33. The first kappa shape index (κ1) is 16.1. The van der Waals surface area contributed by atoms with E-state index in [4.69, 9.17) is 0 Å². The lowest BCUT2D eigenvalue weighted by atomic mass is 10.1. The van der Waals surface area contributed by atoms with Gasteiger partial charge in [0.1, 0.15) is 5.82 Å². The van der Waals surface area contributed by atoms with Crippen LogP contribution in [0, 0.1) is 12.7 Å². The minimum atomic E-state index is -0.288. The van der Waals surface area contributed by atoms with Crippen molar-refractivity contribution in [1.82, 2.24) is 4.98 Å². The Morgan fingerprint density at radius 3 is 2.54 bits per heavy atom. The lowest BCUT2D eigenvalue weighted by molar-refractivity contribution is -0.111. The molecule has 0 saturated carbocycles. The van der Waals surface area contributed by atoms with Gasteiger partial charge < -0.3 is 0 Å². The van der Waals surface area contributed by atoms with Crippen molar-refractivity contribution in [3.05, 3.63) is 76.9 Å². The molecule has 0 unspecified atom stereocenters. The van der Waals surface area contributed by atoms with Crippen molar-refractivity contribution in [2.24, 2.45) is 0 Å². The smallest absolute Gasteiger partial charge is 0.250 e. The van der Waals surface area contributed by atoms with E-state index in [9.17, 15) is 9.18 Å². The number of hydrogen-bond acceptors (Lipinski definition) is 3. The van der Waals surface area contributed by atoms with E-state index in [1.807, 2.05) is 36.6 Å². The highest BCUT2D eigenvalue weighted by Crippen LogP contribution is 2.25. The number of benzene rings is 2. The molecule has 3 aromatic rings. The number of nitrogens with one attached hydrogen (secondary N) is 1. The number of halogens is 1. The minimum Gasteiger partial charge on any atom is -0.298 e. The number of hydrogen-bond donors (Lipinski definition) is 1. The van der Waals surface area contributed by atoms with E-state index in [2.05, 4.69) is 10.3 Å². The molecule has 0 atom stereocenters. The molecule has 0 bridgehead atoms. The van der Waals surface area contributed by atoms with Gasteiger partial charge in [-0.2, -0.15) is 0 Å². The van der Waals surface area contributed by atoms with E-state index in [-0.39, 0.29) is 11.7 Å². The SMILES string of the molecule is Cc1ccc(/C=C/C(=O)Nc2nc(-c3ccc(F)cc3)cs2)cc1. The van der Waals surface area contributed by atoms with E-state index in [1.165, 1.54) is 35.1 Å². The van der Waals surface area contributed by atoms with Crippen molar-refractivity contribution in [2.45, 2.75) is 6.92 Å². The predicted molar refractivity (Wildman–Crippen MR) is 96.4 cm³/mol. The van der Waals surface area contributed by atoms with Gasteiger partial charge >= 0.3 is 0 Å². The summed E-state index contributed by atoms with van der Waals surface area (Å²) in [6.45, 7) is 2.02. The maximum absolute atomic E-state index is 12.9. The van der Waals surface area contributed by atoms with Crippen LogP contribution in [0.25, 0.3) is 17.3 Å². The number of aryl methyl sites for hydroxylation is 1. The third kappa shape index (κ3) is 4.14. The average molecular weight is 338 g/mol. The van der Waals surface area contributed by atoms with Crippen molar-refractivity contribution in [3.63, 3.8) is 0 Å². The lowest BCUT2D eigenvalue weighted by Crippen LogP contribution is -2.07. The highest BCUT2D eigenvalue weighted by atomic mass is 32.1. The molecule has 120 valence electrons. The zero-order chi connectivity index (χ0) is 16.9. The summed E-state index contributed by atoms with van der Waals surface area (Å²) in [5.74, 6) is -0.528. The molecular formula is C19H15FN2OS. The fourth-order valence-corrected chi connectivity index (χ4v) is 2.80. The van der Waals surface area contributed by atoms with Crippen molar-refractivity contribution in [1.29, 1.82) is 0 Å². The summed E-state index contributed by atoms with van der Waals surface area (Å²) in [7, 11) is 0. The molecule has 1 N–H and O–H groups in total. The molecule has 24 heavy (non-hydrogen) atoms. The van der Waals surface area contributed by atoms with Crippen LogP contribution >= 0.6 is 11.3 Å². The normalized spacial score (nSPS) is 10.9. The number of amides is 1. The van der Waals surface area contributed by atoms with E-state index < -0.39 is 0 Å². The Bertz CT molecular complexity index is 867. The van der Waals surface area contributed by atoms with Crippen molar-refractivity contribution >= 4 is 28.5 Å². The van der Waals surface area contributed by atoms with Crippen LogP contribution in [-0.4, -0.2) is 10.9 Å². The van der Waals surface area contributed by atoms with Gasteiger partial charge in [0.05, 0.1) is 5.69 Å². The highest BCUT2D eigenvalue weighted by Gasteiger charge is 2.06. The molecule has 1 heterocycles. The summed E-state index contributed by atoms with van der Waals surface area (Å²) in [6.07, 6.45) is 3.23. The molecule has 3 rings (SSSR count). The summed E-state index contributed by atoms with van der Waals surface area (Å²) in [5, 5.41) is 5.07. The summed E-state index contributed by atoms with van der Waals surface area (Å²) < 4.78 is 12.9. The zero-order valence-corrected chi connectivity index (χ0v) is 13.8. The Hall–Kier alpha value is -2.79. The monoisotopic (exact) mass is 338 g/mol. The maximum Gasteiger partial charge on any atom is 0.250 e. The number of aromatic nitrogens is 1. The first-order valence-electron chi connectivity index (χ1n) is 7.37. The fourth-order valence-electron chi connectivity index (χ4n) is 2.08. The summed E-state index contributed by atoms with van der Waals surface area (Å²) in [5.41, 5.74) is 3.65. The molecule has 0 aliphatic rings. The molecule has 1 aromatic heterocycles. The second kappa shape index (κ2) is 7.19. The molecule has 1 amide bonds. The third-order valence-electron chi connectivity index (χ3n) is 3.38. The van der Waals surface area contributed by atoms with E-state index in [0.717, 1.165) is 11.1 Å². The third-order valence-corrected chi connectivity index (χ3v) is 4.14. The molecule has 0 aliphatic heterocycles. The second-order valence-corrected chi connectivity index (χ2v) is 6.14. The Morgan fingerprint density at radius 2 is 1.83 bits per heavy atom. The van der Waals surface area contributed by atoms with Crippen LogP contribution in [-0.2, 0) is 4.79 Å². The van der Waals surface area contributed by atoms with Crippen LogP contribution < -0.4 is 5.32 Å². The fraction of sp³-hybridized carbons (Fsp3) is 0.0526. The van der Waals surface area contributed by atoms with Crippen LogP contribution in [0.3, 0.4) is 0 Å². The van der Waals surface area contributed by atoms with Crippen molar-refractivity contribution in [3.8, 4) is 11.3 Å². The lowest BCUT2D eigenvalue weighted by Gasteiger charge is -1.98. The van der Waals surface area contributed by atoms with Crippen LogP contribution in [0.15, 0.2) is 60.0 Å². The largest absolute Gasteiger partial charge is 0.298 e. The number of thiazole rings is 1. The van der Waals surface area contributed by atoms with Gasteiger partial charge in [-0.05, 0) is 42.8 Å². The van der Waals surface area contributed by atoms with Gasteiger partial charge in [-0.1, -0.05) is 29.8 Å². The van der Waals surface area contributed by atoms with Crippen molar-refractivity contribution in [2.75, 3.05) is 5.32 Å². The maximum atomic E-state index is 12.9. The number of rotatable bonds is 4. The molecule has 2 aromatic carbocycles. The number of nitrogens with zero attached hydrogens (tertiary/aromatic N) is 1. The van der Waals surface area contributed by atoms with Crippen molar-refractivity contribution < 1.29 is 9.18 Å². The Kier molecular flexibility index (Phi) is 4.82. The molecule has 0 radical (unpaired) electrons. The van der Waals surface area contributed by atoms with E-state index in [1.54, 1.807) is 18.2 Å². The summed E-state index contributed by atoms with van der Waals surface area (Å²) in [4.78, 5) is 16.3. The highest BCUT2D eigenvalue weighted by molar-refractivity contribution is 7.14. The first-order valence-corrected chi connectivity index (χ1v) is 8.25. The predicted octanol–water partition coefficient (Wildman–Crippen LogP) is 4.91. The molecule has 0 fully saturated rings. The van der Waals surface area contributed by atoms with Gasteiger partial charge in [-0.3, -0.25) is 10.1 Å². The molecule has 3 nitrogen and oxygen atoms in total. The molecule has 0 spiro atoms. The van der Waals surface area contributed by atoms with Crippen LogP contribution in [0.2, 0.25) is 0 Å². The van der Waals surface area contributed by atoms with Gasteiger partial charge in [-0.25, -0.2) is 9.37 Å². The van der Waals surface area contributed by atoms with E-state index in [0.29, 0.717) is 10.8 Å². The Labute approximate surface area is 143 Å².